The predicted octanol–water partition coefficient (Wildman–Crippen LogP) is 2.20. The fourth-order valence-corrected chi connectivity index (χ4v) is 3.52. The minimum absolute atomic E-state index is 0.115. The number of carboxylic acid groups (broad SMARTS) is 1. The second-order valence-corrected chi connectivity index (χ2v) is 7.46. The van der Waals surface area contributed by atoms with Crippen LogP contribution in [0.4, 0.5) is 18.9 Å². The van der Waals surface area contributed by atoms with Gasteiger partial charge >= 0.3 is 12.1 Å². The molecule has 1 aromatic heterocycles. The van der Waals surface area contributed by atoms with Crippen LogP contribution in [0.3, 0.4) is 0 Å². The van der Waals surface area contributed by atoms with E-state index >= 15 is 0 Å². The summed E-state index contributed by atoms with van der Waals surface area (Å²) >= 11 is 0. The molecule has 7 nitrogen and oxygen atoms in total. The van der Waals surface area contributed by atoms with E-state index in [-0.39, 0.29) is 5.56 Å². The van der Waals surface area contributed by atoms with Crippen molar-refractivity contribution in [2.75, 3.05) is 4.72 Å². The third-order valence-electron chi connectivity index (χ3n) is 3.56. The zero-order valence-corrected chi connectivity index (χ0v) is 14.8. The van der Waals surface area contributed by atoms with Gasteiger partial charge in [0.2, 0.25) is 10.0 Å². The maximum atomic E-state index is 12.7. The monoisotopic (exact) mass is 404 g/mol. The maximum Gasteiger partial charge on any atom is 0.416 e. The van der Waals surface area contributed by atoms with Crippen LogP contribution in [0, 0.1) is 6.92 Å². The average molecular weight is 404 g/mol. The molecule has 0 saturated carbocycles. The molecule has 0 radical (unpaired) electrons. The van der Waals surface area contributed by atoms with Gasteiger partial charge < -0.3 is 5.11 Å². The van der Waals surface area contributed by atoms with Crippen molar-refractivity contribution >= 4 is 21.7 Å². The number of rotatable bonds is 6. The van der Waals surface area contributed by atoms with E-state index in [4.69, 9.17) is 5.11 Å². The van der Waals surface area contributed by atoms with E-state index in [0.29, 0.717) is 11.8 Å². The number of hydrogen-bond donors (Lipinski definition) is 2. The van der Waals surface area contributed by atoms with E-state index in [1.54, 1.807) is 0 Å². The molecule has 0 aliphatic heterocycles. The normalized spacial score (nSPS) is 12.0. The van der Waals surface area contributed by atoms with Crippen molar-refractivity contribution in [2.24, 2.45) is 0 Å². The fourth-order valence-electron chi connectivity index (χ4n) is 2.34. The van der Waals surface area contributed by atoms with Crippen LogP contribution < -0.4 is 10.3 Å². The first-order chi connectivity index (χ1) is 12.4. The van der Waals surface area contributed by atoms with Crippen molar-refractivity contribution in [3.8, 4) is 0 Å². The van der Waals surface area contributed by atoms with E-state index in [2.05, 4.69) is 0 Å². The molecule has 0 amide bonds. The Morgan fingerprint density at radius 3 is 2.48 bits per heavy atom. The Bertz CT molecular complexity index is 1030. The first kappa shape index (κ1) is 20.5. The minimum Gasteiger partial charge on any atom is -0.480 e. The smallest absolute Gasteiger partial charge is 0.416 e. The van der Waals surface area contributed by atoms with Crippen molar-refractivity contribution in [1.82, 2.24) is 4.57 Å². The number of carbonyl (C=O) groups is 1. The molecular weight excluding hydrogens is 389 g/mol. The standard InChI is InChI=1S/C16H15F3N2O5S/c1-10-5-6-13(15(24)21(10)8-14(22)23)20-27(25,26)9-11-3-2-4-12(7-11)16(17,18)19/h2-7,20H,8-9H2,1H3,(H,22,23). The Balaban J connectivity index is 2.30. The summed E-state index contributed by atoms with van der Waals surface area (Å²) in [4.78, 5) is 23.1. The molecule has 11 heteroatoms. The molecule has 0 bridgehead atoms. The number of aliphatic carboxylic acids is 1. The number of sulfonamides is 1. The SMILES string of the molecule is Cc1ccc(NS(=O)(=O)Cc2cccc(C(F)(F)F)c2)c(=O)n1CC(=O)O. The third kappa shape index (κ3) is 5.33. The van der Waals surface area contributed by atoms with Gasteiger partial charge in [-0.1, -0.05) is 18.2 Å². The number of nitrogens with one attached hydrogen (secondary N) is 1. The van der Waals surface area contributed by atoms with Gasteiger partial charge in [0.15, 0.2) is 0 Å². The highest BCUT2D eigenvalue weighted by Gasteiger charge is 2.30. The Hall–Kier alpha value is -2.82. The van der Waals surface area contributed by atoms with Crippen LogP contribution in [0.1, 0.15) is 16.8 Å². The average Bonchev–Trinajstić information content (AvgIpc) is 2.53. The minimum atomic E-state index is -4.62. The molecule has 0 fully saturated rings. The van der Waals surface area contributed by atoms with E-state index < -0.39 is 51.3 Å². The van der Waals surface area contributed by atoms with Crippen molar-refractivity contribution in [1.29, 1.82) is 0 Å². The van der Waals surface area contributed by atoms with Gasteiger partial charge in [0.25, 0.3) is 5.56 Å². The Morgan fingerprint density at radius 2 is 1.89 bits per heavy atom. The zero-order valence-electron chi connectivity index (χ0n) is 13.9. The number of halogens is 3. The highest BCUT2D eigenvalue weighted by atomic mass is 32.2. The quantitative estimate of drug-likeness (QED) is 0.768. The summed E-state index contributed by atoms with van der Waals surface area (Å²) in [6, 6.07) is 6.34. The van der Waals surface area contributed by atoms with E-state index in [1.165, 1.54) is 25.1 Å². The summed E-state index contributed by atoms with van der Waals surface area (Å²) in [6.45, 7) is 0.819. The highest BCUT2D eigenvalue weighted by molar-refractivity contribution is 7.91. The van der Waals surface area contributed by atoms with Gasteiger partial charge in [-0.05, 0) is 30.7 Å². The van der Waals surface area contributed by atoms with Gasteiger partial charge in [-0.15, -0.1) is 0 Å². The molecule has 0 atom stereocenters. The first-order valence-corrected chi connectivity index (χ1v) is 9.13. The molecule has 0 saturated heterocycles. The number of carboxylic acids is 1. The van der Waals surface area contributed by atoms with Crippen molar-refractivity contribution in [3.05, 3.63) is 63.6 Å². The van der Waals surface area contributed by atoms with Crippen LogP contribution in [0.15, 0.2) is 41.2 Å². The summed E-state index contributed by atoms with van der Waals surface area (Å²) < 4.78 is 65.5. The molecular formula is C16H15F3N2O5S. The summed E-state index contributed by atoms with van der Waals surface area (Å²) in [7, 11) is -4.21. The van der Waals surface area contributed by atoms with Crippen molar-refractivity contribution < 1.29 is 31.5 Å². The summed E-state index contributed by atoms with van der Waals surface area (Å²) in [5.74, 6) is -2.08. The zero-order chi connectivity index (χ0) is 20.4. The van der Waals surface area contributed by atoms with Crippen molar-refractivity contribution in [3.63, 3.8) is 0 Å². The predicted molar refractivity (Wildman–Crippen MR) is 90.8 cm³/mol. The van der Waals surface area contributed by atoms with Crippen LogP contribution in [-0.4, -0.2) is 24.1 Å². The van der Waals surface area contributed by atoms with Crippen LogP contribution in [0.5, 0.6) is 0 Å². The number of nitrogens with zero attached hydrogens (tertiary/aromatic N) is 1. The molecule has 2 rings (SSSR count). The molecule has 146 valence electrons. The Labute approximate surface area is 152 Å². The lowest BCUT2D eigenvalue weighted by atomic mass is 10.1. The van der Waals surface area contributed by atoms with Gasteiger partial charge in [-0.3, -0.25) is 18.9 Å². The molecule has 0 spiro atoms. The number of anilines is 1. The topological polar surface area (TPSA) is 105 Å². The number of pyridine rings is 1. The lowest BCUT2D eigenvalue weighted by Gasteiger charge is -2.13. The van der Waals surface area contributed by atoms with E-state index in [0.717, 1.165) is 16.7 Å². The number of benzene rings is 1. The lowest BCUT2D eigenvalue weighted by Crippen LogP contribution is -2.30. The number of hydrogen-bond acceptors (Lipinski definition) is 4. The highest BCUT2D eigenvalue weighted by Crippen LogP contribution is 2.29. The van der Waals surface area contributed by atoms with Gasteiger partial charge in [0.05, 0.1) is 11.3 Å². The number of aryl methyl sites for hydroxylation is 1. The first-order valence-electron chi connectivity index (χ1n) is 7.48. The molecule has 27 heavy (non-hydrogen) atoms. The number of alkyl halides is 3. The van der Waals surface area contributed by atoms with E-state index in [1.807, 2.05) is 4.72 Å². The van der Waals surface area contributed by atoms with Gasteiger partial charge in [-0.2, -0.15) is 13.2 Å². The third-order valence-corrected chi connectivity index (χ3v) is 4.81. The van der Waals surface area contributed by atoms with Crippen molar-refractivity contribution in [2.45, 2.75) is 25.4 Å². The van der Waals surface area contributed by atoms with Crippen LogP contribution in [0.2, 0.25) is 0 Å². The summed E-state index contributed by atoms with van der Waals surface area (Å²) in [6.07, 6.45) is -4.62. The second-order valence-electron chi connectivity index (χ2n) is 5.73. The molecule has 1 aromatic carbocycles. The fraction of sp³-hybridized carbons (Fsp3) is 0.250. The van der Waals surface area contributed by atoms with Gasteiger partial charge in [0.1, 0.15) is 12.2 Å². The molecule has 2 aromatic rings. The lowest BCUT2D eigenvalue weighted by molar-refractivity contribution is -0.138. The van der Waals surface area contributed by atoms with Crippen LogP contribution >= 0.6 is 0 Å². The molecule has 1 heterocycles. The second kappa shape index (κ2) is 7.43. The maximum absolute atomic E-state index is 12.7. The van der Waals surface area contributed by atoms with Crippen LogP contribution in [0.25, 0.3) is 0 Å². The van der Waals surface area contributed by atoms with Gasteiger partial charge in [0, 0.05) is 5.69 Å². The van der Waals surface area contributed by atoms with E-state index in [9.17, 15) is 31.2 Å². The Morgan fingerprint density at radius 1 is 1.22 bits per heavy atom. The molecule has 0 aliphatic rings. The summed E-state index contributed by atoms with van der Waals surface area (Å²) in [5.41, 5.74) is -2.06. The molecule has 0 aliphatic carbocycles. The molecule has 2 N–H and O–H groups in total. The number of aromatic nitrogens is 1. The van der Waals surface area contributed by atoms with Crippen LogP contribution in [-0.2, 0) is 33.3 Å². The largest absolute Gasteiger partial charge is 0.480 e. The van der Waals surface area contributed by atoms with Gasteiger partial charge in [-0.25, -0.2) is 8.42 Å². The molecule has 0 unspecified atom stereocenters. The summed E-state index contributed by atoms with van der Waals surface area (Å²) in [5, 5.41) is 8.84. The Kier molecular flexibility index (Phi) is 5.64.